The van der Waals surface area contributed by atoms with Crippen molar-refractivity contribution in [3.63, 3.8) is 0 Å². The van der Waals surface area contributed by atoms with Crippen LogP contribution in [0.4, 0.5) is 0 Å². The first kappa shape index (κ1) is 15.0. The fourth-order valence-electron chi connectivity index (χ4n) is 2.51. The SMILES string of the molecule is O=C(NO)c1ccc2c(c1)C(Cc1cccc(Cl)c1Cl)N=C2. The van der Waals surface area contributed by atoms with Crippen molar-refractivity contribution in [2.45, 2.75) is 12.5 Å². The smallest absolute Gasteiger partial charge is 0.274 e. The van der Waals surface area contributed by atoms with Crippen molar-refractivity contribution in [2.24, 2.45) is 4.99 Å². The van der Waals surface area contributed by atoms with Crippen LogP contribution in [0.1, 0.15) is 33.1 Å². The molecule has 6 heteroatoms. The Bertz CT molecular complexity index is 775. The maximum Gasteiger partial charge on any atom is 0.274 e. The first-order valence-corrected chi connectivity index (χ1v) is 7.40. The highest BCUT2D eigenvalue weighted by molar-refractivity contribution is 6.42. The standard InChI is InChI=1S/C16H12Cl2N2O2/c17-13-3-1-2-9(15(13)18)7-14-12-6-10(16(21)20-22)4-5-11(12)8-19-14/h1-6,8,14,22H,7H2,(H,20,21). The lowest BCUT2D eigenvalue weighted by Gasteiger charge is -2.13. The molecule has 0 spiro atoms. The number of halogens is 2. The van der Waals surface area contributed by atoms with Crippen molar-refractivity contribution in [3.8, 4) is 0 Å². The summed E-state index contributed by atoms with van der Waals surface area (Å²) in [6, 6.07) is 10.6. The molecule has 1 heterocycles. The van der Waals surface area contributed by atoms with Crippen molar-refractivity contribution in [2.75, 3.05) is 0 Å². The number of nitrogens with zero attached hydrogens (tertiary/aromatic N) is 1. The van der Waals surface area contributed by atoms with Crippen LogP contribution in [0.15, 0.2) is 41.4 Å². The summed E-state index contributed by atoms with van der Waals surface area (Å²) in [5, 5.41) is 9.78. The molecule has 0 bridgehead atoms. The van der Waals surface area contributed by atoms with Crippen molar-refractivity contribution < 1.29 is 10.0 Å². The van der Waals surface area contributed by atoms with E-state index in [-0.39, 0.29) is 6.04 Å². The van der Waals surface area contributed by atoms with Crippen LogP contribution in [0.25, 0.3) is 0 Å². The molecule has 1 unspecified atom stereocenters. The predicted octanol–water partition coefficient (Wildman–Crippen LogP) is 3.83. The van der Waals surface area contributed by atoms with Gasteiger partial charge in [-0.15, -0.1) is 0 Å². The summed E-state index contributed by atoms with van der Waals surface area (Å²) in [7, 11) is 0. The highest BCUT2D eigenvalue weighted by Gasteiger charge is 2.22. The van der Waals surface area contributed by atoms with Crippen LogP contribution in [-0.2, 0) is 6.42 Å². The number of rotatable bonds is 3. The van der Waals surface area contributed by atoms with Crippen LogP contribution in [0.3, 0.4) is 0 Å². The van der Waals surface area contributed by atoms with E-state index in [1.165, 1.54) is 0 Å². The van der Waals surface area contributed by atoms with Gasteiger partial charge in [0.25, 0.3) is 5.91 Å². The van der Waals surface area contributed by atoms with E-state index >= 15 is 0 Å². The molecule has 1 aliphatic rings. The van der Waals surface area contributed by atoms with E-state index in [2.05, 4.69) is 4.99 Å². The Kier molecular flexibility index (Phi) is 4.16. The zero-order chi connectivity index (χ0) is 15.7. The normalized spacial score (nSPS) is 15.7. The third-order valence-electron chi connectivity index (χ3n) is 3.65. The third kappa shape index (κ3) is 2.73. The molecule has 1 amide bonds. The van der Waals surface area contributed by atoms with Gasteiger partial charge in [-0.2, -0.15) is 0 Å². The summed E-state index contributed by atoms with van der Waals surface area (Å²) in [6.45, 7) is 0. The minimum Gasteiger partial charge on any atom is -0.288 e. The van der Waals surface area contributed by atoms with Crippen molar-refractivity contribution >= 4 is 35.3 Å². The molecule has 0 fully saturated rings. The Balaban J connectivity index is 1.92. The van der Waals surface area contributed by atoms with E-state index < -0.39 is 5.91 Å². The number of aliphatic imine (C=N–C) groups is 1. The molecule has 2 N–H and O–H groups in total. The first-order chi connectivity index (χ1) is 10.6. The molecular formula is C16H12Cl2N2O2. The van der Waals surface area contributed by atoms with Gasteiger partial charge in [0.2, 0.25) is 0 Å². The molecule has 0 aliphatic carbocycles. The molecule has 1 aliphatic heterocycles. The minimum atomic E-state index is -0.547. The van der Waals surface area contributed by atoms with E-state index in [0.717, 1.165) is 16.7 Å². The number of hydrogen-bond donors (Lipinski definition) is 2. The van der Waals surface area contributed by atoms with E-state index in [1.54, 1.807) is 29.9 Å². The number of benzene rings is 2. The molecule has 1 atom stereocenters. The van der Waals surface area contributed by atoms with Crippen molar-refractivity contribution in [3.05, 3.63) is 68.7 Å². The topological polar surface area (TPSA) is 61.7 Å². The molecule has 2 aromatic rings. The van der Waals surface area contributed by atoms with Gasteiger partial charge in [0.05, 0.1) is 16.1 Å². The predicted molar refractivity (Wildman–Crippen MR) is 86.2 cm³/mol. The number of fused-ring (bicyclic) bond motifs is 1. The second kappa shape index (κ2) is 6.08. The average Bonchev–Trinajstić information content (AvgIpc) is 2.93. The van der Waals surface area contributed by atoms with Gasteiger partial charge >= 0.3 is 0 Å². The molecule has 22 heavy (non-hydrogen) atoms. The molecule has 2 aromatic carbocycles. The number of hydroxylamine groups is 1. The van der Waals surface area contributed by atoms with Gasteiger partial charge in [0.15, 0.2) is 0 Å². The van der Waals surface area contributed by atoms with E-state index in [9.17, 15) is 4.79 Å². The second-order valence-electron chi connectivity index (χ2n) is 5.00. The zero-order valence-corrected chi connectivity index (χ0v) is 12.9. The third-order valence-corrected chi connectivity index (χ3v) is 4.51. The Morgan fingerprint density at radius 3 is 2.86 bits per heavy atom. The summed E-state index contributed by atoms with van der Waals surface area (Å²) in [5.41, 5.74) is 4.81. The largest absolute Gasteiger partial charge is 0.288 e. The maximum absolute atomic E-state index is 11.5. The van der Waals surface area contributed by atoms with Crippen molar-refractivity contribution in [1.29, 1.82) is 0 Å². The molecule has 3 rings (SSSR count). The van der Waals surface area contributed by atoms with E-state index in [0.29, 0.717) is 22.0 Å². The number of amides is 1. The monoisotopic (exact) mass is 334 g/mol. The van der Waals surface area contributed by atoms with Gasteiger partial charge in [-0.3, -0.25) is 15.0 Å². The molecule has 0 saturated carbocycles. The summed E-state index contributed by atoms with van der Waals surface area (Å²) in [6.07, 6.45) is 2.37. The maximum atomic E-state index is 11.5. The summed E-state index contributed by atoms with van der Waals surface area (Å²) in [5.74, 6) is -0.547. The molecule has 0 radical (unpaired) electrons. The highest BCUT2D eigenvalue weighted by atomic mass is 35.5. The van der Waals surface area contributed by atoms with Crippen LogP contribution in [0.5, 0.6) is 0 Å². The molecule has 0 aromatic heterocycles. The lowest BCUT2D eigenvalue weighted by Crippen LogP contribution is -2.18. The number of carbonyl (C=O) groups is 1. The Hall–Kier alpha value is -1.88. The summed E-state index contributed by atoms with van der Waals surface area (Å²) >= 11 is 12.3. The van der Waals surface area contributed by atoms with Crippen LogP contribution < -0.4 is 5.48 Å². The fraction of sp³-hybridized carbons (Fsp3) is 0.125. The lowest BCUT2D eigenvalue weighted by atomic mass is 9.96. The van der Waals surface area contributed by atoms with Gasteiger partial charge in [-0.05, 0) is 34.9 Å². The average molecular weight is 335 g/mol. The van der Waals surface area contributed by atoms with Crippen LogP contribution >= 0.6 is 23.2 Å². The van der Waals surface area contributed by atoms with Gasteiger partial charge in [-0.25, -0.2) is 5.48 Å². The van der Waals surface area contributed by atoms with Gasteiger partial charge in [0.1, 0.15) is 0 Å². The van der Waals surface area contributed by atoms with E-state index in [1.807, 2.05) is 18.2 Å². The number of nitrogens with one attached hydrogen (secondary N) is 1. The number of carbonyl (C=O) groups excluding carboxylic acids is 1. The minimum absolute atomic E-state index is 0.127. The van der Waals surface area contributed by atoms with Gasteiger partial charge in [0, 0.05) is 18.2 Å². The van der Waals surface area contributed by atoms with Crippen LogP contribution in [0.2, 0.25) is 10.0 Å². The molecular weight excluding hydrogens is 323 g/mol. The van der Waals surface area contributed by atoms with Gasteiger partial charge < -0.3 is 0 Å². The summed E-state index contributed by atoms with van der Waals surface area (Å²) in [4.78, 5) is 16.0. The van der Waals surface area contributed by atoms with Crippen LogP contribution in [0, 0.1) is 0 Å². The Labute approximate surface area is 137 Å². The van der Waals surface area contributed by atoms with Gasteiger partial charge in [-0.1, -0.05) is 41.4 Å². The van der Waals surface area contributed by atoms with Crippen LogP contribution in [-0.4, -0.2) is 17.3 Å². The Morgan fingerprint density at radius 1 is 1.27 bits per heavy atom. The zero-order valence-electron chi connectivity index (χ0n) is 11.4. The van der Waals surface area contributed by atoms with E-state index in [4.69, 9.17) is 28.4 Å². The fourth-order valence-corrected chi connectivity index (χ4v) is 2.91. The Morgan fingerprint density at radius 2 is 2.09 bits per heavy atom. The quantitative estimate of drug-likeness (QED) is 0.661. The second-order valence-corrected chi connectivity index (χ2v) is 5.78. The lowest BCUT2D eigenvalue weighted by molar-refractivity contribution is 0.0706. The first-order valence-electron chi connectivity index (χ1n) is 6.64. The number of hydrogen-bond acceptors (Lipinski definition) is 3. The molecule has 0 saturated heterocycles. The summed E-state index contributed by atoms with van der Waals surface area (Å²) < 4.78 is 0. The molecule has 112 valence electrons. The molecule has 4 nitrogen and oxygen atoms in total. The highest BCUT2D eigenvalue weighted by Crippen LogP contribution is 2.34. The van der Waals surface area contributed by atoms with Crippen molar-refractivity contribution in [1.82, 2.24) is 5.48 Å².